The number of fused-ring (bicyclic) bond motifs is 1. The molecule has 104 valence electrons. The lowest BCUT2D eigenvalue weighted by molar-refractivity contribution is -0.156. The van der Waals surface area contributed by atoms with Crippen molar-refractivity contribution in [2.45, 2.75) is 19.5 Å². The fourth-order valence-corrected chi connectivity index (χ4v) is 2.50. The zero-order chi connectivity index (χ0) is 14.0. The van der Waals surface area contributed by atoms with E-state index in [1.807, 2.05) is 0 Å². The van der Waals surface area contributed by atoms with Crippen LogP contribution < -0.4 is 9.47 Å². The zero-order valence-corrected chi connectivity index (χ0v) is 12.3. The molecule has 1 heterocycles. The van der Waals surface area contributed by atoms with Crippen LogP contribution in [0.25, 0.3) is 0 Å². The molecular formula is C13H14BrFO4. The van der Waals surface area contributed by atoms with Crippen LogP contribution in [-0.4, -0.2) is 25.8 Å². The molecule has 1 aromatic rings. The van der Waals surface area contributed by atoms with Crippen LogP contribution in [-0.2, 0) is 15.2 Å². The van der Waals surface area contributed by atoms with Gasteiger partial charge in [-0.2, -0.15) is 0 Å². The van der Waals surface area contributed by atoms with Gasteiger partial charge in [-0.3, -0.25) is 0 Å². The number of carbonyl (C=O) groups is 1. The summed E-state index contributed by atoms with van der Waals surface area (Å²) in [7, 11) is 0. The molecule has 1 aliphatic rings. The highest BCUT2D eigenvalue weighted by atomic mass is 79.9. The fraction of sp³-hybridized carbons (Fsp3) is 0.462. The van der Waals surface area contributed by atoms with Gasteiger partial charge in [0.25, 0.3) is 0 Å². The zero-order valence-electron chi connectivity index (χ0n) is 10.7. The molecule has 0 bridgehead atoms. The van der Waals surface area contributed by atoms with E-state index >= 15 is 0 Å². The second-order valence-corrected chi connectivity index (χ2v) is 5.05. The minimum Gasteiger partial charge on any atom is -0.486 e. The molecule has 2 rings (SSSR count). The Morgan fingerprint density at radius 1 is 1.42 bits per heavy atom. The summed E-state index contributed by atoms with van der Waals surface area (Å²) in [4.78, 5) is 11.7. The lowest BCUT2D eigenvalue weighted by Crippen LogP contribution is -2.30. The van der Waals surface area contributed by atoms with E-state index in [2.05, 4.69) is 15.9 Å². The van der Waals surface area contributed by atoms with E-state index in [0.717, 1.165) is 0 Å². The Morgan fingerprint density at radius 3 is 2.58 bits per heavy atom. The normalized spacial score (nSPS) is 16.6. The molecule has 0 spiro atoms. The molecule has 0 amide bonds. The summed E-state index contributed by atoms with van der Waals surface area (Å²) < 4.78 is 30.6. The van der Waals surface area contributed by atoms with Gasteiger partial charge in [0.2, 0.25) is 5.67 Å². The number of hydrogen-bond donors (Lipinski definition) is 0. The number of esters is 1. The Bertz CT molecular complexity index is 502. The third-order valence-electron chi connectivity index (χ3n) is 2.80. The third kappa shape index (κ3) is 2.68. The fourth-order valence-electron chi connectivity index (χ4n) is 1.80. The third-order valence-corrected chi connectivity index (χ3v) is 3.45. The summed E-state index contributed by atoms with van der Waals surface area (Å²) in [6, 6.07) is 3.07. The maximum atomic E-state index is 14.6. The van der Waals surface area contributed by atoms with E-state index in [1.165, 1.54) is 13.0 Å². The Hall–Kier alpha value is -1.30. The van der Waals surface area contributed by atoms with E-state index in [9.17, 15) is 9.18 Å². The van der Waals surface area contributed by atoms with Crippen molar-refractivity contribution < 1.29 is 23.4 Å². The average Bonchev–Trinajstić information content (AvgIpc) is 2.38. The van der Waals surface area contributed by atoms with Crippen molar-refractivity contribution in [1.29, 1.82) is 0 Å². The second-order valence-electron chi connectivity index (χ2n) is 4.20. The molecule has 0 radical (unpaired) electrons. The molecule has 1 aliphatic heterocycles. The first-order valence-electron chi connectivity index (χ1n) is 5.92. The standard InChI is InChI=1S/C13H14BrFO4/c1-3-17-12(16)13(2,15)8-6-10-11(7-9(8)14)19-5-4-18-10/h6-7H,3-5H2,1-2H3. The topological polar surface area (TPSA) is 44.8 Å². The maximum absolute atomic E-state index is 14.6. The van der Waals surface area contributed by atoms with Gasteiger partial charge in [0.15, 0.2) is 11.5 Å². The minimum absolute atomic E-state index is 0.126. The van der Waals surface area contributed by atoms with Gasteiger partial charge in [-0.15, -0.1) is 0 Å². The highest BCUT2D eigenvalue weighted by molar-refractivity contribution is 9.10. The highest BCUT2D eigenvalue weighted by Gasteiger charge is 2.39. The summed E-state index contributed by atoms with van der Waals surface area (Å²) >= 11 is 3.25. The monoisotopic (exact) mass is 332 g/mol. The number of carbonyl (C=O) groups excluding carboxylic acids is 1. The number of halogens is 2. The Balaban J connectivity index is 2.41. The summed E-state index contributed by atoms with van der Waals surface area (Å²) in [5, 5.41) is 0. The molecule has 1 atom stereocenters. The van der Waals surface area contributed by atoms with E-state index < -0.39 is 11.6 Å². The van der Waals surface area contributed by atoms with Crippen molar-refractivity contribution in [1.82, 2.24) is 0 Å². The Labute approximate surface area is 119 Å². The van der Waals surface area contributed by atoms with E-state index in [1.54, 1.807) is 13.0 Å². The first kappa shape index (κ1) is 14.1. The van der Waals surface area contributed by atoms with Gasteiger partial charge in [-0.1, -0.05) is 15.9 Å². The lowest BCUT2D eigenvalue weighted by Gasteiger charge is -2.24. The van der Waals surface area contributed by atoms with Crippen LogP contribution in [0.1, 0.15) is 19.4 Å². The molecule has 4 nitrogen and oxygen atoms in total. The molecule has 1 aromatic carbocycles. The van der Waals surface area contributed by atoms with Gasteiger partial charge in [0.1, 0.15) is 13.2 Å². The molecule has 0 N–H and O–H groups in total. The summed E-state index contributed by atoms with van der Waals surface area (Å²) in [5.41, 5.74) is -2.08. The minimum atomic E-state index is -2.25. The largest absolute Gasteiger partial charge is 0.486 e. The first-order valence-corrected chi connectivity index (χ1v) is 6.72. The quantitative estimate of drug-likeness (QED) is 0.798. The smallest absolute Gasteiger partial charge is 0.348 e. The van der Waals surface area contributed by atoms with E-state index in [0.29, 0.717) is 29.2 Å². The molecule has 0 aliphatic carbocycles. The molecule has 0 saturated carbocycles. The summed E-state index contributed by atoms with van der Waals surface area (Å²) in [6.45, 7) is 3.77. The molecule has 19 heavy (non-hydrogen) atoms. The van der Waals surface area contributed by atoms with Crippen molar-refractivity contribution in [3.05, 3.63) is 22.2 Å². The van der Waals surface area contributed by atoms with Crippen molar-refractivity contribution in [2.75, 3.05) is 19.8 Å². The van der Waals surface area contributed by atoms with Crippen molar-refractivity contribution >= 4 is 21.9 Å². The Morgan fingerprint density at radius 2 is 2.00 bits per heavy atom. The van der Waals surface area contributed by atoms with Gasteiger partial charge in [0.05, 0.1) is 6.61 Å². The lowest BCUT2D eigenvalue weighted by atomic mass is 9.97. The van der Waals surface area contributed by atoms with Gasteiger partial charge in [-0.25, -0.2) is 9.18 Å². The van der Waals surface area contributed by atoms with Gasteiger partial charge in [0, 0.05) is 10.0 Å². The highest BCUT2D eigenvalue weighted by Crippen LogP contribution is 2.41. The molecule has 1 unspecified atom stereocenters. The number of benzene rings is 1. The number of ether oxygens (including phenoxy) is 3. The number of alkyl halides is 1. The maximum Gasteiger partial charge on any atom is 0.348 e. The van der Waals surface area contributed by atoms with Gasteiger partial charge in [-0.05, 0) is 26.0 Å². The molecule has 0 saturated heterocycles. The van der Waals surface area contributed by atoms with Crippen LogP contribution in [0.4, 0.5) is 4.39 Å². The number of rotatable bonds is 3. The van der Waals surface area contributed by atoms with Crippen LogP contribution in [0.15, 0.2) is 16.6 Å². The molecular weight excluding hydrogens is 319 g/mol. The van der Waals surface area contributed by atoms with Crippen molar-refractivity contribution in [3.63, 3.8) is 0 Å². The number of hydrogen-bond acceptors (Lipinski definition) is 4. The predicted molar refractivity (Wildman–Crippen MR) is 70.2 cm³/mol. The van der Waals surface area contributed by atoms with Crippen molar-refractivity contribution in [2.24, 2.45) is 0 Å². The Kier molecular flexibility index (Phi) is 3.99. The van der Waals surface area contributed by atoms with Gasteiger partial charge < -0.3 is 14.2 Å². The van der Waals surface area contributed by atoms with Crippen LogP contribution in [0.2, 0.25) is 0 Å². The molecule has 0 aromatic heterocycles. The van der Waals surface area contributed by atoms with Crippen LogP contribution in [0.3, 0.4) is 0 Å². The molecule has 0 fully saturated rings. The van der Waals surface area contributed by atoms with Crippen LogP contribution in [0, 0.1) is 0 Å². The van der Waals surface area contributed by atoms with E-state index in [4.69, 9.17) is 14.2 Å². The predicted octanol–water partition coefficient (Wildman–Crippen LogP) is 2.97. The van der Waals surface area contributed by atoms with Crippen molar-refractivity contribution in [3.8, 4) is 11.5 Å². The summed E-state index contributed by atoms with van der Waals surface area (Å²) in [5.74, 6) is 0.0338. The first-order chi connectivity index (χ1) is 8.96. The summed E-state index contributed by atoms with van der Waals surface area (Å²) in [6.07, 6.45) is 0. The second kappa shape index (κ2) is 5.36. The van der Waals surface area contributed by atoms with E-state index in [-0.39, 0.29) is 12.2 Å². The molecule has 6 heteroatoms. The van der Waals surface area contributed by atoms with Crippen LogP contribution in [0.5, 0.6) is 11.5 Å². The van der Waals surface area contributed by atoms with Crippen LogP contribution >= 0.6 is 15.9 Å². The SMILES string of the molecule is CCOC(=O)C(C)(F)c1cc2c(cc1Br)OCCO2. The average molecular weight is 333 g/mol. The van der Waals surface area contributed by atoms with Gasteiger partial charge >= 0.3 is 5.97 Å².